The van der Waals surface area contributed by atoms with E-state index in [9.17, 15) is 0 Å². The number of nitrogens with one attached hydrogen (secondary N) is 1. The summed E-state index contributed by atoms with van der Waals surface area (Å²) in [4.78, 5) is 0. The SMILES string of the molecule is CCCNC(C)c1nnc(COCC)o1. The van der Waals surface area contributed by atoms with Crippen molar-refractivity contribution < 1.29 is 9.15 Å². The zero-order valence-electron chi connectivity index (χ0n) is 9.62. The smallest absolute Gasteiger partial charge is 0.242 e. The Hall–Kier alpha value is -0.940. The minimum Gasteiger partial charge on any atom is -0.421 e. The first kappa shape index (κ1) is 12.1. The van der Waals surface area contributed by atoms with Crippen LogP contribution in [0.15, 0.2) is 4.42 Å². The summed E-state index contributed by atoms with van der Waals surface area (Å²) in [5.41, 5.74) is 0. The Kier molecular flexibility index (Phi) is 5.28. The summed E-state index contributed by atoms with van der Waals surface area (Å²) in [6, 6.07) is 0.104. The van der Waals surface area contributed by atoms with Gasteiger partial charge in [0.15, 0.2) is 0 Å². The zero-order chi connectivity index (χ0) is 11.1. The Morgan fingerprint density at radius 1 is 1.40 bits per heavy atom. The molecule has 15 heavy (non-hydrogen) atoms. The maximum absolute atomic E-state index is 5.43. The molecular formula is C10H19N3O2. The number of rotatable bonds is 7. The minimum absolute atomic E-state index is 0.104. The Labute approximate surface area is 90.2 Å². The second-order valence-electron chi connectivity index (χ2n) is 3.35. The van der Waals surface area contributed by atoms with Gasteiger partial charge in [0.25, 0.3) is 0 Å². The van der Waals surface area contributed by atoms with E-state index in [0.717, 1.165) is 13.0 Å². The van der Waals surface area contributed by atoms with E-state index < -0.39 is 0 Å². The molecule has 0 fully saturated rings. The second kappa shape index (κ2) is 6.53. The van der Waals surface area contributed by atoms with Crippen LogP contribution in [0.5, 0.6) is 0 Å². The van der Waals surface area contributed by atoms with Gasteiger partial charge >= 0.3 is 0 Å². The zero-order valence-corrected chi connectivity index (χ0v) is 9.62. The summed E-state index contributed by atoms with van der Waals surface area (Å²) < 4.78 is 10.6. The quantitative estimate of drug-likeness (QED) is 0.746. The lowest BCUT2D eigenvalue weighted by atomic mass is 10.3. The Morgan fingerprint density at radius 3 is 2.87 bits per heavy atom. The predicted molar refractivity (Wildman–Crippen MR) is 56.3 cm³/mol. The van der Waals surface area contributed by atoms with Crippen molar-refractivity contribution in [2.75, 3.05) is 13.2 Å². The van der Waals surface area contributed by atoms with Crippen LogP contribution in [0.2, 0.25) is 0 Å². The first-order chi connectivity index (χ1) is 7.27. The molecule has 0 aliphatic heterocycles. The summed E-state index contributed by atoms with van der Waals surface area (Å²) in [7, 11) is 0. The van der Waals surface area contributed by atoms with Gasteiger partial charge in [-0.1, -0.05) is 6.92 Å². The molecule has 0 spiro atoms. The summed E-state index contributed by atoms with van der Waals surface area (Å²) in [6.45, 7) is 8.06. The number of hydrogen-bond acceptors (Lipinski definition) is 5. The molecule has 1 rings (SSSR count). The van der Waals surface area contributed by atoms with Crippen molar-refractivity contribution in [3.63, 3.8) is 0 Å². The monoisotopic (exact) mass is 213 g/mol. The topological polar surface area (TPSA) is 60.2 Å². The van der Waals surface area contributed by atoms with Crippen molar-refractivity contribution in [3.8, 4) is 0 Å². The summed E-state index contributed by atoms with van der Waals surface area (Å²) >= 11 is 0. The van der Waals surface area contributed by atoms with Crippen LogP contribution in [0.25, 0.3) is 0 Å². The number of ether oxygens (including phenoxy) is 1. The molecule has 1 N–H and O–H groups in total. The molecule has 5 heteroatoms. The van der Waals surface area contributed by atoms with Crippen LogP contribution < -0.4 is 5.32 Å². The number of hydrogen-bond donors (Lipinski definition) is 1. The van der Waals surface area contributed by atoms with Gasteiger partial charge in [-0.3, -0.25) is 0 Å². The first-order valence-corrected chi connectivity index (χ1v) is 5.41. The maximum atomic E-state index is 5.43. The van der Waals surface area contributed by atoms with Crippen molar-refractivity contribution in [3.05, 3.63) is 11.8 Å². The lowest BCUT2D eigenvalue weighted by Gasteiger charge is -2.07. The average molecular weight is 213 g/mol. The Morgan fingerprint density at radius 2 is 2.20 bits per heavy atom. The van der Waals surface area contributed by atoms with Crippen molar-refractivity contribution in [1.29, 1.82) is 0 Å². The van der Waals surface area contributed by atoms with E-state index in [1.165, 1.54) is 0 Å². The minimum atomic E-state index is 0.104. The molecule has 1 aromatic heterocycles. The standard InChI is InChI=1S/C10H19N3O2/c1-4-6-11-8(3)10-13-12-9(15-10)7-14-5-2/h8,11H,4-7H2,1-3H3. The molecule has 1 heterocycles. The van der Waals surface area contributed by atoms with Gasteiger partial charge in [-0.25, -0.2) is 0 Å². The molecule has 1 aromatic rings. The van der Waals surface area contributed by atoms with Crippen molar-refractivity contribution in [2.45, 2.75) is 39.8 Å². The van der Waals surface area contributed by atoms with Gasteiger partial charge in [0.2, 0.25) is 11.8 Å². The van der Waals surface area contributed by atoms with Gasteiger partial charge in [-0.15, -0.1) is 10.2 Å². The van der Waals surface area contributed by atoms with Crippen LogP contribution in [0.4, 0.5) is 0 Å². The highest BCUT2D eigenvalue weighted by Crippen LogP contribution is 2.10. The molecule has 0 aromatic carbocycles. The van der Waals surface area contributed by atoms with Crippen LogP contribution in [0.1, 0.15) is 45.0 Å². The molecule has 0 radical (unpaired) electrons. The summed E-state index contributed by atoms with van der Waals surface area (Å²) in [5, 5.41) is 11.1. The van der Waals surface area contributed by atoms with Crippen LogP contribution in [0.3, 0.4) is 0 Å². The van der Waals surface area contributed by atoms with Crippen molar-refractivity contribution >= 4 is 0 Å². The molecule has 1 unspecified atom stereocenters. The van der Waals surface area contributed by atoms with E-state index in [2.05, 4.69) is 22.4 Å². The predicted octanol–water partition coefficient (Wildman–Crippen LogP) is 1.67. The molecule has 0 aliphatic carbocycles. The largest absolute Gasteiger partial charge is 0.421 e. The molecule has 0 saturated carbocycles. The van der Waals surface area contributed by atoms with E-state index >= 15 is 0 Å². The highest BCUT2D eigenvalue weighted by molar-refractivity contribution is 4.87. The molecule has 0 amide bonds. The fourth-order valence-corrected chi connectivity index (χ4v) is 1.14. The lowest BCUT2D eigenvalue weighted by Crippen LogP contribution is -2.19. The van der Waals surface area contributed by atoms with E-state index in [-0.39, 0.29) is 6.04 Å². The van der Waals surface area contributed by atoms with Gasteiger partial charge in [-0.2, -0.15) is 0 Å². The van der Waals surface area contributed by atoms with Gasteiger partial charge < -0.3 is 14.5 Å². The highest BCUT2D eigenvalue weighted by Gasteiger charge is 2.12. The maximum Gasteiger partial charge on any atom is 0.242 e. The van der Waals surface area contributed by atoms with Gasteiger partial charge in [0, 0.05) is 6.61 Å². The first-order valence-electron chi connectivity index (χ1n) is 5.41. The van der Waals surface area contributed by atoms with Crippen LogP contribution in [-0.2, 0) is 11.3 Å². The van der Waals surface area contributed by atoms with Crippen LogP contribution >= 0.6 is 0 Å². The van der Waals surface area contributed by atoms with E-state index in [1.54, 1.807) is 0 Å². The van der Waals surface area contributed by atoms with Gasteiger partial charge in [-0.05, 0) is 26.8 Å². The second-order valence-corrected chi connectivity index (χ2v) is 3.35. The van der Waals surface area contributed by atoms with Crippen LogP contribution in [-0.4, -0.2) is 23.3 Å². The number of nitrogens with zero attached hydrogens (tertiary/aromatic N) is 2. The summed E-state index contributed by atoms with van der Waals surface area (Å²) in [6.07, 6.45) is 1.09. The Balaban J connectivity index is 2.43. The van der Waals surface area contributed by atoms with E-state index in [4.69, 9.17) is 9.15 Å². The molecule has 5 nitrogen and oxygen atoms in total. The normalized spacial score (nSPS) is 13.0. The van der Waals surface area contributed by atoms with Crippen molar-refractivity contribution in [1.82, 2.24) is 15.5 Å². The van der Waals surface area contributed by atoms with E-state index in [1.807, 2.05) is 13.8 Å². The fourth-order valence-electron chi connectivity index (χ4n) is 1.14. The van der Waals surface area contributed by atoms with Gasteiger partial charge in [0.1, 0.15) is 6.61 Å². The molecule has 86 valence electrons. The third kappa shape index (κ3) is 3.97. The third-order valence-electron chi connectivity index (χ3n) is 1.98. The van der Waals surface area contributed by atoms with E-state index in [0.29, 0.717) is 25.0 Å². The summed E-state index contributed by atoms with van der Waals surface area (Å²) in [5.74, 6) is 1.16. The Bertz CT molecular complexity index is 275. The highest BCUT2D eigenvalue weighted by atomic mass is 16.5. The number of aromatic nitrogens is 2. The third-order valence-corrected chi connectivity index (χ3v) is 1.98. The molecule has 0 aliphatic rings. The molecular weight excluding hydrogens is 194 g/mol. The van der Waals surface area contributed by atoms with Crippen LogP contribution in [0, 0.1) is 0 Å². The van der Waals surface area contributed by atoms with Gasteiger partial charge in [0.05, 0.1) is 6.04 Å². The molecule has 1 atom stereocenters. The van der Waals surface area contributed by atoms with Crippen molar-refractivity contribution in [2.24, 2.45) is 0 Å². The molecule has 0 bridgehead atoms. The fraction of sp³-hybridized carbons (Fsp3) is 0.800. The average Bonchev–Trinajstić information content (AvgIpc) is 2.71. The lowest BCUT2D eigenvalue weighted by molar-refractivity contribution is 0.113. The molecule has 0 saturated heterocycles.